The van der Waals surface area contributed by atoms with Gasteiger partial charge in [0.15, 0.2) is 17.3 Å². The largest absolute Gasteiger partial charge is 0.493 e. The molecule has 0 fully saturated rings. The summed E-state index contributed by atoms with van der Waals surface area (Å²) in [6, 6.07) is 13.7. The first-order valence-corrected chi connectivity index (χ1v) is 9.62. The normalized spacial score (nSPS) is 13.1. The van der Waals surface area contributed by atoms with E-state index >= 15 is 0 Å². The van der Waals surface area contributed by atoms with Gasteiger partial charge in [-0.2, -0.15) is 9.78 Å². The van der Waals surface area contributed by atoms with Crippen LogP contribution in [0.3, 0.4) is 0 Å². The molecular weight excluding hydrogens is 416 g/mol. The number of hydrogen-bond acceptors (Lipinski definition) is 6. The topological polar surface area (TPSA) is 61.5 Å². The molecule has 26 heavy (non-hydrogen) atoms. The first kappa shape index (κ1) is 17.1. The fourth-order valence-corrected chi connectivity index (χ4v) is 4.05. The van der Waals surface area contributed by atoms with E-state index in [1.54, 1.807) is 30.7 Å². The number of ether oxygens (including phenoxy) is 2. The van der Waals surface area contributed by atoms with Gasteiger partial charge in [0.25, 0.3) is 0 Å². The van der Waals surface area contributed by atoms with E-state index in [1.165, 1.54) is 0 Å². The van der Waals surface area contributed by atoms with Crippen LogP contribution in [0.5, 0.6) is 11.5 Å². The number of thioether (sulfide) groups is 1. The number of fused-ring (bicyclic) bond motifs is 1. The van der Waals surface area contributed by atoms with E-state index < -0.39 is 0 Å². The fraction of sp³-hybridized carbons (Fsp3) is 0.167. The van der Waals surface area contributed by atoms with Gasteiger partial charge < -0.3 is 9.47 Å². The van der Waals surface area contributed by atoms with Gasteiger partial charge in [-0.15, -0.1) is 10.2 Å². The lowest BCUT2D eigenvalue weighted by atomic mass is 10.1. The molecule has 1 aromatic heterocycles. The van der Waals surface area contributed by atoms with Crippen molar-refractivity contribution in [2.75, 3.05) is 20.0 Å². The second-order valence-electron chi connectivity index (χ2n) is 5.50. The third-order valence-corrected chi connectivity index (χ3v) is 5.62. The molecule has 0 atom stereocenters. The van der Waals surface area contributed by atoms with Crippen molar-refractivity contribution in [1.29, 1.82) is 0 Å². The van der Waals surface area contributed by atoms with Gasteiger partial charge in [-0.25, -0.2) is 0 Å². The van der Waals surface area contributed by atoms with Crippen molar-refractivity contribution >= 4 is 33.4 Å². The van der Waals surface area contributed by atoms with Gasteiger partial charge in [0.1, 0.15) is 0 Å². The van der Waals surface area contributed by atoms with Crippen LogP contribution in [0.2, 0.25) is 0 Å². The van der Waals surface area contributed by atoms with Crippen molar-refractivity contribution in [3.05, 3.63) is 52.5 Å². The SMILES string of the molecule is COc1ccc(-c2nnc3n2N=C(c2ccccc2Br)CS3)cc1OC. The van der Waals surface area contributed by atoms with Crippen LogP contribution in [0.15, 0.2) is 57.2 Å². The first-order valence-electron chi connectivity index (χ1n) is 7.84. The molecule has 6 nitrogen and oxygen atoms in total. The standard InChI is InChI=1S/C18H15BrN4O2S/c1-24-15-8-7-11(9-16(15)25-2)17-20-21-18-23(17)22-14(10-26-18)12-5-3-4-6-13(12)19/h3-9H,10H2,1-2H3. The predicted octanol–water partition coefficient (Wildman–Crippen LogP) is 4.08. The molecule has 1 aliphatic rings. The number of methoxy groups -OCH3 is 2. The Labute approximate surface area is 163 Å². The van der Waals surface area contributed by atoms with Crippen molar-refractivity contribution in [3.8, 4) is 22.9 Å². The molecule has 0 N–H and O–H groups in total. The summed E-state index contributed by atoms with van der Waals surface area (Å²) in [5.74, 6) is 2.71. The number of nitrogens with zero attached hydrogens (tertiary/aromatic N) is 4. The molecule has 0 bridgehead atoms. The summed E-state index contributed by atoms with van der Waals surface area (Å²) < 4.78 is 13.5. The van der Waals surface area contributed by atoms with Crippen LogP contribution in [-0.4, -0.2) is 40.6 Å². The van der Waals surface area contributed by atoms with Crippen LogP contribution in [-0.2, 0) is 0 Å². The zero-order valence-corrected chi connectivity index (χ0v) is 16.5. The van der Waals surface area contributed by atoms with Gasteiger partial charge in [0.2, 0.25) is 5.16 Å². The molecule has 8 heteroatoms. The van der Waals surface area contributed by atoms with Crippen LogP contribution < -0.4 is 9.47 Å². The van der Waals surface area contributed by atoms with Crippen molar-refractivity contribution in [2.24, 2.45) is 5.10 Å². The lowest BCUT2D eigenvalue weighted by Crippen LogP contribution is -2.14. The Kier molecular flexibility index (Phi) is 4.69. The van der Waals surface area contributed by atoms with Crippen LogP contribution in [0.4, 0.5) is 0 Å². The summed E-state index contributed by atoms with van der Waals surface area (Å²) in [5, 5.41) is 14.2. The maximum atomic E-state index is 5.40. The number of aromatic nitrogens is 3. The highest BCUT2D eigenvalue weighted by atomic mass is 79.9. The van der Waals surface area contributed by atoms with Crippen LogP contribution >= 0.6 is 27.7 Å². The molecule has 0 radical (unpaired) electrons. The van der Waals surface area contributed by atoms with Gasteiger partial charge >= 0.3 is 0 Å². The molecule has 3 aromatic rings. The Morgan fingerprint density at radius 1 is 1.04 bits per heavy atom. The number of halogens is 1. The van der Waals surface area contributed by atoms with E-state index in [4.69, 9.17) is 14.6 Å². The second kappa shape index (κ2) is 7.13. The Hall–Kier alpha value is -2.32. The number of benzene rings is 2. The molecule has 0 spiro atoms. The van der Waals surface area contributed by atoms with Crippen molar-refractivity contribution in [3.63, 3.8) is 0 Å². The zero-order valence-electron chi connectivity index (χ0n) is 14.1. The van der Waals surface area contributed by atoms with E-state index in [0.29, 0.717) is 17.3 Å². The smallest absolute Gasteiger partial charge is 0.212 e. The average molecular weight is 431 g/mol. The zero-order chi connectivity index (χ0) is 18.1. The Morgan fingerprint density at radius 2 is 1.85 bits per heavy atom. The van der Waals surface area contributed by atoms with E-state index in [1.807, 2.05) is 36.4 Å². The lowest BCUT2D eigenvalue weighted by molar-refractivity contribution is 0.355. The summed E-state index contributed by atoms with van der Waals surface area (Å²) in [4.78, 5) is 0. The third kappa shape index (κ3) is 2.99. The lowest BCUT2D eigenvalue weighted by Gasteiger charge is -2.15. The predicted molar refractivity (Wildman–Crippen MR) is 105 cm³/mol. The molecule has 0 saturated heterocycles. The summed E-state index contributed by atoms with van der Waals surface area (Å²) in [5.41, 5.74) is 2.90. The molecule has 1 aliphatic heterocycles. The van der Waals surface area contributed by atoms with Gasteiger partial charge in [0.05, 0.1) is 19.9 Å². The van der Waals surface area contributed by atoms with Crippen LogP contribution in [0.25, 0.3) is 11.4 Å². The molecule has 0 amide bonds. The fourth-order valence-electron chi connectivity index (χ4n) is 2.71. The van der Waals surface area contributed by atoms with E-state index in [0.717, 1.165) is 32.2 Å². The van der Waals surface area contributed by atoms with E-state index in [-0.39, 0.29) is 0 Å². The Morgan fingerprint density at radius 3 is 2.62 bits per heavy atom. The third-order valence-electron chi connectivity index (χ3n) is 4.00. The van der Waals surface area contributed by atoms with Crippen molar-refractivity contribution in [2.45, 2.75) is 5.16 Å². The number of rotatable bonds is 4. The highest BCUT2D eigenvalue weighted by Crippen LogP contribution is 2.34. The summed E-state index contributed by atoms with van der Waals surface area (Å²) in [6.45, 7) is 0. The van der Waals surface area contributed by atoms with Gasteiger partial charge in [-0.3, -0.25) is 0 Å². The Balaban J connectivity index is 1.80. The molecule has 0 aliphatic carbocycles. The molecule has 4 rings (SSSR count). The maximum absolute atomic E-state index is 5.40. The monoisotopic (exact) mass is 430 g/mol. The highest BCUT2D eigenvalue weighted by Gasteiger charge is 2.22. The molecule has 2 aromatic carbocycles. The summed E-state index contributed by atoms with van der Waals surface area (Å²) in [6.07, 6.45) is 0. The molecular formula is C18H15BrN4O2S. The Bertz CT molecular complexity index is 1000. The summed E-state index contributed by atoms with van der Waals surface area (Å²) in [7, 11) is 3.22. The minimum absolute atomic E-state index is 0.640. The van der Waals surface area contributed by atoms with Gasteiger partial charge in [0, 0.05) is 21.4 Å². The van der Waals surface area contributed by atoms with Gasteiger partial charge in [-0.05, 0) is 24.3 Å². The molecule has 0 saturated carbocycles. The molecule has 0 unspecified atom stereocenters. The van der Waals surface area contributed by atoms with E-state index in [9.17, 15) is 0 Å². The minimum atomic E-state index is 0.640. The van der Waals surface area contributed by atoms with Crippen LogP contribution in [0, 0.1) is 0 Å². The maximum Gasteiger partial charge on any atom is 0.212 e. The quantitative estimate of drug-likeness (QED) is 0.623. The first-order chi connectivity index (χ1) is 12.7. The van der Waals surface area contributed by atoms with E-state index in [2.05, 4.69) is 32.2 Å². The average Bonchev–Trinajstić information content (AvgIpc) is 3.11. The highest BCUT2D eigenvalue weighted by molar-refractivity contribution is 9.10. The van der Waals surface area contributed by atoms with Crippen molar-refractivity contribution < 1.29 is 9.47 Å². The minimum Gasteiger partial charge on any atom is -0.493 e. The van der Waals surface area contributed by atoms with Crippen molar-refractivity contribution in [1.82, 2.24) is 14.9 Å². The van der Waals surface area contributed by atoms with Gasteiger partial charge in [-0.1, -0.05) is 45.9 Å². The van der Waals surface area contributed by atoms with Crippen LogP contribution in [0.1, 0.15) is 5.56 Å². The summed E-state index contributed by atoms with van der Waals surface area (Å²) >= 11 is 5.21. The number of hydrogen-bond donors (Lipinski definition) is 0. The molecule has 2 heterocycles. The second-order valence-corrected chi connectivity index (χ2v) is 7.30. The molecule has 132 valence electrons.